The molecule has 4 fully saturated rings. The van der Waals surface area contributed by atoms with Gasteiger partial charge in [-0.3, -0.25) is 10.1 Å². The predicted octanol–water partition coefficient (Wildman–Crippen LogP) is 7.67. The summed E-state index contributed by atoms with van der Waals surface area (Å²) in [7, 11) is -1.98. The highest BCUT2D eigenvalue weighted by molar-refractivity contribution is 6.77. The summed E-state index contributed by atoms with van der Waals surface area (Å²) in [5.41, 5.74) is 3.54. The molecule has 0 aliphatic heterocycles. The molecule has 4 aliphatic carbocycles. The number of nitrogens with zero attached hydrogens (tertiary/aromatic N) is 1. The number of nitrogens with one attached hydrogen (secondary N) is 1. The molecule has 1 N–H and O–H groups in total. The summed E-state index contributed by atoms with van der Waals surface area (Å²) in [6.07, 6.45) is 7.60. The average molecular weight is 459 g/mol. The lowest BCUT2D eigenvalue weighted by atomic mass is 9.53. The van der Waals surface area contributed by atoms with E-state index in [9.17, 15) is 10.1 Å². The lowest BCUT2D eigenvalue weighted by molar-refractivity contribution is -0.384. The number of hydrogen-bond acceptors (Lipinski definition) is 4. The zero-order valence-corrected chi connectivity index (χ0v) is 21.8. The van der Waals surface area contributed by atoms with Gasteiger partial charge < -0.3 is 9.74 Å². The van der Waals surface area contributed by atoms with Gasteiger partial charge in [-0.15, -0.1) is 0 Å². The van der Waals surface area contributed by atoms with Gasteiger partial charge in [0.05, 0.1) is 11.5 Å². The first kappa shape index (κ1) is 23.7. The van der Waals surface area contributed by atoms with Crippen molar-refractivity contribution in [2.75, 3.05) is 5.32 Å². The van der Waals surface area contributed by atoms with E-state index < -0.39 is 8.32 Å². The van der Waals surface area contributed by atoms with Crippen LogP contribution in [0.2, 0.25) is 16.6 Å². The molecule has 4 aliphatic rings. The van der Waals surface area contributed by atoms with Gasteiger partial charge in [-0.2, -0.15) is 0 Å². The van der Waals surface area contributed by atoms with E-state index in [0.29, 0.717) is 28.9 Å². The van der Waals surface area contributed by atoms with Crippen LogP contribution in [0.4, 0.5) is 11.4 Å². The van der Waals surface area contributed by atoms with Gasteiger partial charge in [0.15, 0.2) is 0 Å². The van der Waals surface area contributed by atoms with Crippen LogP contribution in [0.3, 0.4) is 0 Å². The number of hydrogen-bond donors (Lipinski definition) is 1. The van der Waals surface area contributed by atoms with Crippen molar-refractivity contribution in [2.24, 2.45) is 17.8 Å². The van der Waals surface area contributed by atoms with Gasteiger partial charge in [-0.25, -0.2) is 0 Å². The fourth-order valence-electron chi connectivity index (χ4n) is 8.19. The highest BCUT2D eigenvalue weighted by Crippen LogP contribution is 2.57. The van der Waals surface area contributed by atoms with E-state index >= 15 is 0 Å². The summed E-state index contributed by atoms with van der Waals surface area (Å²) in [5.74, 6) is 2.40. The van der Waals surface area contributed by atoms with Crippen molar-refractivity contribution in [2.45, 2.75) is 109 Å². The molecule has 32 heavy (non-hydrogen) atoms. The Labute approximate surface area is 195 Å². The normalized spacial score (nSPS) is 29.3. The Hall–Kier alpha value is -1.40. The van der Waals surface area contributed by atoms with Gasteiger partial charge in [0.2, 0.25) is 8.32 Å². The Bertz CT molecular complexity index is 794. The summed E-state index contributed by atoms with van der Waals surface area (Å²) in [6, 6.07) is 5.59. The highest BCUT2D eigenvalue weighted by Gasteiger charge is 2.51. The third-order valence-electron chi connectivity index (χ3n) is 8.89. The first-order valence-electron chi connectivity index (χ1n) is 12.7. The highest BCUT2D eigenvalue weighted by atomic mass is 28.4. The Morgan fingerprint density at radius 2 is 1.50 bits per heavy atom. The molecule has 0 aromatic heterocycles. The molecule has 0 radical (unpaired) electrons. The Balaban J connectivity index is 1.58. The third-order valence-corrected chi connectivity index (χ3v) is 15.0. The molecule has 0 saturated heterocycles. The molecule has 0 unspecified atom stereocenters. The lowest BCUT2D eigenvalue weighted by Crippen LogP contribution is -2.54. The van der Waals surface area contributed by atoms with Crippen molar-refractivity contribution < 1.29 is 9.35 Å². The zero-order chi connectivity index (χ0) is 23.3. The molecule has 178 valence electrons. The van der Waals surface area contributed by atoms with E-state index in [1.54, 1.807) is 6.07 Å². The van der Waals surface area contributed by atoms with E-state index in [1.807, 2.05) is 12.1 Å². The topological polar surface area (TPSA) is 64.4 Å². The molecule has 0 heterocycles. The number of benzene rings is 1. The van der Waals surface area contributed by atoms with Gasteiger partial charge in [-0.1, -0.05) is 41.5 Å². The fraction of sp³-hybridized carbons (Fsp3) is 0.769. The van der Waals surface area contributed by atoms with Crippen LogP contribution in [-0.4, -0.2) is 18.8 Å². The first-order chi connectivity index (χ1) is 15.0. The van der Waals surface area contributed by atoms with Crippen LogP contribution in [0.5, 0.6) is 0 Å². The molecule has 0 spiro atoms. The maximum absolute atomic E-state index is 11.8. The minimum Gasteiger partial charge on any atom is -0.412 e. The van der Waals surface area contributed by atoms with E-state index in [0.717, 1.165) is 23.3 Å². The Kier molecular flexibility index (Phi) is 6.49. The smallest absolute Gasteiger partial charge is 0.292 e. The van der Waals surface area contributed by atoms with Crippen molar-refractivity contribution in [3.05, 3.63) is 33.9 Å². The Morgan fingerprint density at radius 3 is 1.94 bits per heavy atom. The molecular weight excluding hydrogens is 416 g/mol. The van der Waals surface area contributed by atoms with Crippen molar-refractivity contribution >= 4 is 19.7 Å². The van der Waals surface area contributed by atoms with Gasteiger partial charge in [0.25, 0.3) is 5.69 Å². The van der Waals surface area contributed by atoms with E-state index in [1.165, 1.54) is 38.5 Å². The maximum Gasteiger partial charge on any atom is 0.292 e. The van der Waals surface area contributed by atoms with Crippen LogP contribution in [0, 0.1) is 27.9 Å². The summed E-state index contributed by atoms with van der Waals surface area (Å²) in [6.45, 7) is 14.3. The second-order valence-corrected chi connectivity index (χ2v) is 17.5. The molecule has 5 rings (SSSR count). The molecule has 5 nitrogen and oxygen atoms in total. The number of anilines is 1. The summed E-state index contributed by atoms with van der Waals surface area (Å²) < 4.78 is 6.79. The number of nitro groups is 1. The van der Waals surface area contributed by atoms with Crippen LogP contribution in [0.1, 0.15) is 85.6 Å². The summed E-state index contributed by atoms with van der Waals surface area (Å²) in [4.78, 5) is 11.6. The minimum absolute atomic E-state index is 0.0469. The standard InChI is InChI=1S/C26H42N2O3Si/c1-17(2)32(18(3)4,19(5)6)31-16-20-7-8-25(28(29)30)24(12-20)27-26-13-21-9-22(14-26)11-23(10-21)15-26/h7-8,12,17-19,21-23,27H,9-11,13-16H2,1-6H3. The monoisotopic (exact) mass is 458 g/mol. The van der Waals surface area contributed by atoms with E-state index in [4.69, 9.17) is 4.43 Å². The van der Waals surface area contributed by atoms with Gasteiger partial charge in [0.1, 0.15) is 5.69 Å². The summed E-state index contributed by atoms with van der Waals surface area (Å²) >= 11 is 0. The van der Waals surface area contributed by atoms with Gasteiger partial charge in [0, 0.05) is 11.6 Å². The van der Waals surface area contributed by atoms with E-state index in [-0.39, 0.29) is 16.1 Å². The predicted molar refractivity (Wildman–Crippen MR) is 133 cm³/mol. The number of rotatable bonds is 9. The van der Waals surface area contributed by atoms with Crippen LogP contribution >= 0.6 is 0 Å². The molecule has 0 atom stereocenters. The van der Waals surface area contributed by atoms with Crippen molar-refractivity contribution in [3.8, 4) is 0 Å². The lowest BCUT2D eigenvalue weighted by Gasteiger charge is -2.57. The van der Waals surface area contributed by atoms with Gasteiger partial charge in [-0.05, 0) is 90.6 Å². The SMILES string of the molecule is CC(C)[Si](OCc1ccc([N+](=O)[O-])c(NC23CC4CC(CC(C4)C2)C3)c1)(C(C)C)C(C)C. The molecule has 4 bridgehead atoms. The second-order valence-electron chi connectivity index (χ2n) is 12.0. The van der Waals surface area contributed by atoms with E-state index in [2.05, 4.69) is 46.9 Å². The molecule has 1 aromatic rings. The molecule has 4 saturated carbocycles. The molecular formula is C26H42N2O3Si. The largest absolute Gasteiger partial charge is 0.412 e. The second kappa shape index (κ2) is 8.75. The summed E-state index contributed by atoms with van der Waals surface area (Å²) in [5, 5.41) is 15.6. The zero-order valence-electron chi connectivity index (χ0n) is 20.8. The van der Waals surface area contributed by atoms with Gasteiger partial charge >= 0.3 is 0 Å². The molecule has 0 amide bonds. The van der Waals surface area contributed by atoms with Crippen LogP contribution in [-0.2, 0) is 11.0 Å². The maximum atomic E-state index is 11.8. The average Bonchev–Trinajstić information content (AvgIpc) is 2.66. The van der Waals surface area contributed by atoms with Crippen molar-refractivity contribution in [1.29, 1.82) is 0 Å². The van der Waals surface area contributed by atoms with Crippen LogP contribution in [0.25, 0.3) is 0 Å². The van der Waals surface area contributed by atoms with Crippen LogP contribution < -0.4 is 5.32 Å². The number of nitro benzene ring substituents is 1. The quantitative estimate of drug-likeness (QED) is 0.234. The Morgan fingerprint density at radius 1 is 1.00 bits per heavy atom. The van der Waals surface area contributed by atoms with Crippen LogP contribution in [0.15, 0.2) is 18.2 Å². The minimum atomic E-state index is -1.98. The first-order valence-corrected chi connectivity index (χ1v) is 14.9. The van der Waals surface area contributed by atoms with Crippen molar-refractivity contribution in [3.63, 3.8) is 0 Å². The van der Waals surface area contributed by atoms with Crippen molar-refractivity contribution in [1.82, 2.24) is 0 Å². The third kappa shape index (κ3) is 4.25. The fourth-order valence-corrected chi connectivity index (χ4v) is 13.6. The molecule has 6 heteroatoms. The molecule has 1 aromatic carbocycles.